The van der Waals surface area contributed by atoms with Gasteiger partial charge in [-0.2, -0.15) is 0 Å². The maximum absolute atomic E-state index is 11.9. The van der Waals surface area contributed by atoms with Crippen LogP contribution in [0.2, 0.25) is 0 Å². The van der Waals surface area contributed by atoms with Crippen LogP contribution in [0.5, 0.6) is 0 Å². The molecule has 2 rings (SSSR count). The van der Waals surface area contributed by atoms with Crippen LogP contribution in [0.1, 0.15) is 33.3 Å². The van der Waals surface area contributed by atoms with Gasteiger partial charge in [-0.05, 0) is 25.5 Å². The molecule has 0 unspecified atom stereocenters. The predicted octanol–water partition coefficient (Wildman–Crippen LogP) is 2.24. The van der Waals surface area contributed by atoms with Crippen molar-refractivity contribution in [2.24, 2.45) is 0 Å². The van der Waals surface area contributed by atoms with Gasteiger partial charge in [-0.25, -0.2) is 4.98 Å². The lowest BCUT2D eigenvalue weighted by Crippen LogP contribution is -2.15. The van der Waals surface area contributed by atoms with Gasteiger partial charge < -0.3 is 5.32 Å². The number of hydrogen-bond acceptors (Lipinski definition) is 4. The monoisotopic (exact) mass is 255 g/mol. The molecule has 0 aliphatic carbocycles. The van der Waals surface area contributed by atoms with Gasteiger partial charge in [-0.3, -0.25) is 14.6 Å². The number of Topliss-reactive ketones (excluding diaryl/α,β-unsaturated/α-hetero) is 1. The molecule has 1 amide bonds. The quantitative estimate of drug-likeness (QED) is 0.854. The lowest BCUT2D eigenvalue weighted by atomic mass is 10.1. The molecule has 0 aliphatic heterocycles. The molecule has 0 saturated carbocycles. The fraction of sp³-hybridized carbons (Fsp3) is 0.143. The van der Waals surface area contributed by atoms with E-state index in [1.54, 1.807) is 18.2 Å². The van der Waals surface area contributed by atoms with Crippen molar-refractivity contribution in [1.82, 2.24) is 9.97 Å². The Morgan fingerprint density at radius 3 is 2.63 bits per heavy atom. The zero-order chi connectivity index (χ0) is 13.8. The highest BCUT2D eigenvalue weighted by atomic mass is 16.2. The van der Waals surface area contributed by atoms with E-state index in [1.165, 1.54) is 25.5 Å². The highest BCUT2D eigenvalue weighted by Gasteiger charge is 2.10. The molecule has 0 saturated heterocycles. The van der Waals surface area contributed by atoms with Crippen LogP contribution in [0.3, 0.4) is 0 Å². The summed E-state index contributed by atoms with van der Waals surface area (Å²) in [5, 5.41) is 2.73. The van der Waals surface area contributed by atoms with Gasteiger partial charge in [0.05, 0.1) is 6.20 Å². The number of amides is 1. The molecule has 0 radical (unpaired) electrons. The third-order valence-electron chi connectivity index (χ3n) is 2.69. The first-order valence-electron chi connectivity index (χ1n) is 5.77. The minimum atomic E-state index is -0.350. The van der Waals surface area contributed by atoms with Crippen LogP contribution in [-0.2, 0) is 0 Å². The normalized spacial score (nSPS) is 10.0. The van der Waals surface area contributed by atoms with Gasteiger partial charge in [0.1, 0.15) is 5.69 Å². The van der Waals surface area contributed by atoms with Crippen LogP contribution in [0, 0.1) is 6.92 Å². The number of aromatic nitrogens is 2. The summed E-state index contributed by atoms with van der Waals surface area (Å²) in [6.45, 7) is 3.34. The number of anilines is 1. The smallest absolute Gasteiger partial charge is 0.275 e. The summed E-state index contributed by atoms with van der Waals surface area (Å²) in [5.74, 6) is -0.396. The van der Waals surface area contributed by atoms with Gasteiger partial charge in [0.25, 0.3) is 5.91 Å². The summed E-state index contributed by atoms with van der Waals surface area (Å²) in [4.78, 5) is 31.0. The van der Waals surface area contributed by atoms with Gasteiger partial charge in [0, 0.05) is 23.6 Å². The maximum atomic E-state index is 11.9. The molecular formula is C14H13N3O2. The lowest BCUT2D eigenvalue weighted by Gasteiger charge is -2.09. The first-order valence-corrected chi connectivity index (χ1v) is 5.77. The number of hydrogen-bond donors (Lipinski definition) is 1. The van der Waals surface area contributed by atoms with E-state index in [0.29, 0.717) is 11.3 Å². The second-order valence-electron chi connectivity index (χ2n) is 4.13. The van der Waals surface area contributed by atoms with Gasteiger partial charge in [-0.1, -0.05) is 12.1 Å². The first-order chi connectivity index (χ1) is 9.08. The summed E-state index contributed by atoms with van der Waals surface area (Å²) in [5.41, 5.74) is 2.26. The minimum absolute atomic E-state index is 0.0463. The first kappa shape index (κ1) is 12.9. The summed E-state index contributed by atoms with van der Waals surface area (Å²) in [6.07, 6.45) is 4.34. The average molecular weight is 255 g/mol. The minimum Gasteiger partial charge on any atom is -0.320 e. The van der Waals surface area contributed by atoms with E-state index in [-0.39, 0.29) is 17.4 Å². The number of aryl methyl sites for hydroxylation is 1. The summed E-state index contributed by atoms with van der Waals surface area (Å²) in [7, 11) is 0. The van der Waals surface area contributed by atoms with Gasteiger partial charge in [-0.15, -0.1) is 0 Å². The van der Waals surface area contributed by atoms with Crippen LogP contribution in [0.4, 0.5) is 5.69 Å². The Morgan fingerprint density at radius 2 is 2.00 bits per heavy atom. The van der Waals surface area contributed by atoms with Crippen molar-refractivity contribution in [3.8, 4) is 0 Å². The van der Waals surface area contributed by atoms with Crippen LogP contribution < -0.4 is 5.32 Å². The SMILES string of the molecule is CC(=O)c1ccc(C)c(NC(=O)c2cnccn2)c1. The molecule has 0 atom stereocenters. The van der Waals surface area contributed by atoms with E-state index in [0.717, 1.165) is 5.56 Å². The second kappa shape index (κ2) is 5.39. The molecule has 2 aromatic rings. The van der Waals surface area contributed by atoms with Crippen molar-refractivity contribution >= 4 is 17.4 Å². The number of benzene rings is 1. The number of rotatable bonds is 3. The van der Waals surface area contributed by atoms with E-state index < -0.39 is 0 Å². The zero-order valence-electron chi connectivity index (χ0n) is 10.7. The third-order valence-corrected chi connectivity index (χ3v) is 2.69. The molecule has 1 heterocycles. The van der Waals surface area contributed by atoms with E-state index in [4.69, 9.17) is 0 Å². The van der Waals surface area contributed by atoms with Crippen molar-refractivity contribution < 1.29 is 9.59 Å². The lowest BCUT2D eigenvalue weighted by molar-refractivity contribution is 0.100. The van der Waals surface area contributed by atoms with Crippen LogP contribution in [0.15, 0.2) is 36.8 Å². The number of nitrogens with zero attached hydrogens (tertiary/aromatic N) is 2. The van der Waals surface area contributed by atoms with E-state index in [1.807, 2.05) is 6.92 Å². The molecule has 0 spiro atoms. The fourth-order valence-electron chi connectivity index (χ4n) is 1.58. The Hall–Kier alpha value is -2.56. The highest BCUT2D eigenvalue weighted by molar-refractivity contribution is 6.04. The molecule has 0 aliphatic rings. The molecule has 5 heteroatoms. The Bertz CT molecular complexity index is 624. The molecule has 1 N–H and O–H groups in total. The Labute approximate surface area is 110 Å². The largest absolute Gasteiger partial charge is 0.320 e. The van der Waals surface area contributed by atoms with Crippen LogP contribution in [-0.4, -0.2) is 21.7 Å². The van der Waals surface area contributed by atoms with Crippen molar-refractivity contribution in [3.05, 3.63) is 53.6 Å². The Kier molecular flexibility index (Phi) is 3.66. The molecular weight excluding hydrogens is 242 g/mol. The van der Waals surface area contributed by atoms with Crippen LogP contribution >= 0.6 is 0 Å². The van der Waals surface area contributed by atoms with E-state index in [9.17, 15) is 9.59 Å². The molecule has 1 aromatic heterocycles. The maximum Gasteiger partial charge on any atom is 0.275 e. The van der Waals surface area contributed by atoms with Crippen LogP contribution in [0.25, 0.3) is 0 Å². The Morgan fingerprint density at radius 1 is 1.21 bits per heavy atom. The summed E-state index contributed by atoms with van der Waals surface area (Å²) in [6, 6.07) is 5.19. The fourth-order valence-corrected chi connectivity index (χ4v) is 1.58. The molecule has 96 valence electrons. The van der Waals surface area contributed by atoms with Crippen molar-refractivity contribution in [3.63, 3.8) is 0 Å². The van der Waals surface area contributed by atoms with E-state index >= 15 is 0 Å². The molecule has 0 bridgehead atoms. The van der Waals surface area contributed by atoms with Crippen molar-refractivity contribution in [2.75, 3.05) is 5.32 Å². The average Bonchev–Trinajstić information content (AvgIpc) is 2.42. The molecule has 1 aromatic carbocycles. The van der Waals surface area contributed by atoms with Crippen molar-refractivity contribution in [2.45, 2.75) is 13.8 Å². The topological polar surface area (TPSA) is 72.0 Å². The Balaban J connectivity index is 2.26. The third kappa shape index (κ3) is 3.01. The van der Waals surface area contributed by atoms with Gasteiger partial charge in [0.15, 0.2) is 5.78 Å². The number of carbonyl (C=O) groups is 2. The van der Waals surface area contributed by atoms with Gasteiger partial charge in [0.2, 0.25) is 0 Å². The summed E-state index contributed by atoms with van der Waals surface area (Å²) < 4.78 is 0. The molecule has 0 fully saturated rings. The molecule has 5 nitrogen and oxygen atoms in total. The van der Waals surface area contributed by atoms with E-state index in [2.05, 4.69) is 15.3 Å². The summed E-state index contributed by atoms with van der Waals surface area (Å²) >= 11 is 0. The number of ketones is 1. The number of nitrogens with one attached hydrogen (secondary N) is 1. The standard InChI is InChI=1S/C14H13N3O2/c1-9-3-4-11(10(2)18)7-12(9)17-14(19)13-8-15-5-6-16-13/h3-8H,1-2H3,(H,17,19). The molecule has 19 heavy (non-hydrogen) atoms. The van der Waals surface area contributed by atoms with Gasteiger partial charge >= 0.3 is 0 Å². The second-order valence-corrected chi connectivity index (χ2v) is 4.13. The zero-order valence-corrected chi connectivity index (χ0v) is 10.7. The highest BCUT2D eigenvalue weighted by Crippen LogP contribution is 2.17. The predicted molar refractivity (Wildman–Crippen MR) is 71.2 cm³/mol. The van der Waals surface area contributed by atoms with Crippen molar-refractivity contribution in [1.29, 1.82) is 0 Å². The number of carbonyl (C=O) groups excluding carboxylic acids is 2.